The lowest BCUT2D eigenvalue weighted by molar-refractivity contribution is -0.140. The molecule has 0 heterocycles. The van der Waals surface area contributed by atoms with E-state index in [2.05, 4.69) is 5.32 Å². The molecule has 0 aliphatic heterocycles. The van der Waals surface area contributed by atoms with Gasteiger partial charge < -0.3 is 10.2 Å². The number of carbonyl (C=O) groups is 2. The van der Waals surface area contributed by atoms with Crippen LogP contribution < -0.4 is 9.62 Å². The summed E-state index contributed by atoms with van der Waals surface area (Å²) < 4.78 is 26.6. The van der Waals surface area contributed by atoms with Crippen LogP contribution in [0.4, 0.5) is 5.69 Å². The van der Waals surface area contributed by atoms with Crippen molar-refractivity contribution in [3.63, 3.8) is 0 Å². The van der Waals surface area contributed by atoms with Crippen molar-refractivity contribution in [2.24, 2.45) is 0 Å². The second kappa shape index (κ2) is 13.8. The number of benzene rings is 2. The molecule has 2 amide bonds. The molecule has 1 saturated carbocycles. The highest BCUT2D eigenvalue weighted by Crippen LogP contribution is 2.25. The molecule has 0 saturated heterocycles. The lowest BCUT2D eigenvalue weighted by atomic mass is 9.95. The molecule has 2 aromatic carbocycles. The first-order valence-electron chi connectivity index (χ1n) is 13.8. The summed E-state index contributed by atoms with van der Waals surface area (Å²) in [5.41, 5.74) is 3.66. The number of nitrogens with zero attached hydrogens (tertiary/aromatic N) is 2. The summed E-state index contributed by atoms with van der Waals surface area (Å²) in [5, 5.41) is 3.16. The van der Waals surface area contributed by atoms with Crippen LogP contribution in [0.3, 0.4) is 0 Å². The largest absolute Gasteiger partial charge is 0.352 e. The van der Waals surface area contributed by atoms with Crippen molar-refractivity contribution in [1.29, 1.82) is 0 Å². The van der Waals surface area contributed by atoms with E-state index in [1.165, 1.54) is 17.0 Å². The maximum atomic E-state index is 13.5. The predicted octanol–water partition coefficient (Wildman–Crippen LogP) is 4.76. The number of nitrogens with one attached hydrogen (secondary N) is 1. The molecule has 7 nitrogen and oxygen atoms in total. The summed E-state index contributed by atoms with van der Waals surface area (Å²) in [6.07, 6.45) is 7.76. The van der Waals surface area contributed by atoms with E-state index in [0.717, 1.165) is 42.4 Å². The third-order valence-corrected chi connectivity index (χ3v) is 8.78. The highest BCUT2D eigenvalue weighted by Gasteiger charge is 2.28. The van der Waals surface area contributed by atoms with Gasteiger partial charge in [0.2, 0.25) is 21.8 Å². The molecule has 1 aliphatic carbocycles. The third kappa shape index (κ3) is 8.32. The minimum absolute atomic E-state index is 0.119. The molecular weight excluding hydrogens is 498 g/mol. The van der Waals surface area contributed by atoms with Crippen LogP contribution in [0.2, 0.25) is 0 Å². The molecule has 0 spiro atoms. The summed E-state index contributed by atoms with van der Waals surface area (Å²) in [6.45, 7) is 6.28. The van der Waals surface area contributed by atoms with E-state index < -0.39 is 16.1 Å². The highest BCUT2D eigenvalue weighted by atomic mass is 32.2. The van der Waals surface area contributed by atoms with Gasteiger partial charge in [-0.15, -0.1) is 0 Å². The average Bonchev–Trinajstić information content (AvgIpc) is 2.89. The van der Waals surface area contributed by atoms with E-state index in [9.17, 15) is 18.0 Å². The first kappa shape index (κ1) is 29.7. The first-order chi connectivity index (χ1) is 18.1. The molecule has 1 fully saturated rings. The first-order valence-corrected chi connectivity index (χ1v) is 15.6. The SMILES string of the molecule is Cc1cccc(N(CCCC(=O)N(CCc2ccccc2)C(C)C(=O)NC2CCCCC2)S(C)(=O)=O)c1C. The van der Waals surface area contributed by atoms with Crippen molar-refractivity contribution in [1.82, 2.24) is 10.2 Å². The Morgan fingerprint density at radius 2 is 1.66 bits per heavy atom. The molecule has 1 aliphatic rings. The van der Waals surface area contributed by atoms with Crippen LogP contribution in [0.15, 0.2) is 48.5 Å². The van der Waals surface area contributed by atoms with Gasteiger partial charge >= 0.3 is 0 Å². The number of sulfonamides is 1. The van der Waals surface area contributed by atoms with Gasteiger partial charge in [-0.05, 0) is 69.2 Å². The van der Waals surface area contributed by atoms with Gasteiger partial charge in [0.1, 0.15) is 6.04 Å². The lowest BCUT2D eigenvalue weighted by Gasteiger charge is -2.31. The van der Waals surface area contributed by atoms with E-state index in [1.807, 2.05) is 56.3 Å². The van der Waals surface area contributed by atoms with Gasteiger partial charge in [0, 0.05) is 25.6 Å². The zero-order chi connectivity index (χ0) is 27.7. The minimum atomic E-state index is -3.52. The van der Waals surface area contributed by atoms with Crippen LogP contribution >= 0.6 is 0 Å². The monoisotopic (exact) mass is 541 g/mol. The van der Waals surface area contributed by atoms with Crippen LogP contribution in [-0.2, 0) is 26.0 Å². The Balaban J connectivity index is 1.69. The quantitative estimate of drug-likeness (QED) is 0.420. The molecule has 1 unspecified atom stereocenters. The molecule has 2 aromatic rings. The van der Waals surface area contributed by atoms with Gasteiger partial charge in [0.15, 0.2) is 0 Å². The van der Waals surface area contributed by atoms with Gasteiger partial charge in [-0.2, -0.15) is 0 Å². The Morgan fingerprint density at radius 1 is 0.974 bits per heavy atom. The second-order valence-electron chi connectivity index (χ2n) is 10.5. The van der Waals surface area contributed by atoms with E-state index in [0.29, 0.717) is 25.1 Å². The average molecular weight is 542 g/mol. The molecule has 208 valence electrons. The molecule has 38 heavy (non-hydrogen) atoms. The summed E-state index contributed by atoms with van der Waals surface area (Å²) in [7, 11) is -3.52. The highest BCUT2D eigenvalue weighted by molar-refractivity contribution is 7.92. The summed E-state index contributed by atoms with van der Waals surface area (Å²) >= 11 is 0. The maximum Gasteiger partial charge on any atom is 0.242 e. The van der Waals surface area contributed by atoms with Gasteiger partial charge in [0.25, 0.3) is 0 Å². The van der Waals surface area contributed by atoms with Gasteiger partial charge in [-0.3, -0.25) is 13.9 Å². The lowest BCUT2D eigenvalue weighted by Crippen LogP contribution is -2.51. The van der Waals surface area contributed by atoms with Crippen LogP contribution in [0.1, 0.15) is 68.6 Å². The number of anilines is 1. The molecule has 0 radical (unpaired) electrons. The van der Waals surface area contributed by atoms with Gasteiger partial charge in [-0.1, -0.05) is 61.7 Å². The smallest absolute Gasteiger partial charge is 0.242 e. The molecule has 1 N–H and O–H groups in total. The number of hydrogen-bond acceptors (Lipinski definition) is 4. The van der Waals surface area contributed by atoms with Gasteiger partial charge in [0.05, 0.1) is 11.9 Å². The summed E-state index contributed by atoms with van der Waals surface area (Å²) in [5.74, 6) is -0.256. The molecule has 8 heteroatoms. The van der Waals surface area contributed by atoms with Crippen LogP contribution in [0, 0.1) is 13.8 Å². The van der Waals surface area contributed by atoms with Crippen molar-refractivity contribution in [2.75, 3.05) is 23.7 Å². The topological polar surface area (TPSA) is 86.8 Å². The fourth-order valence-electron chi connectivity index (χ4n) is 5.13. The number of aryl methyl sites for hydroxylation is 1. The van der Waals surface area contributed by atoms with Crippen LogP contribution in [0.25, 0.3) is 0 Å². The van der Waals surface area contributed by atoms with E-state index in [4.69, 9.17) is 0 Å². The summed E-state index contributed by atoms with van der Waals surface area (Å²) in [6, 6.07) is 15.1. The number of carbonyl (C=O) groups excluding carboxylic acids is 2. The Kier molecular flexibility index (Phi) is 10.8. The molecule has 1 atom stereocenters. The van der Waals surface area contributed by atoms with E-state index >= 15 is 0 Å². The molecular formula is C30H43N3O4S. The van der Waals surface area contributed by atoms with Crippen LogP contribution in [-0.4, -0.2) is 56.6 Å². The summed E-state index contributed by atoms with van der Waals surface area (Å²) in [4.78, 5) is 28.3. The van der Waals surface area contributed by atoms with Gasteiger partial charge in [-0.25, -0.2) is 8.42 Å². The fraction of sp³-hybridized carbons (Fsp3) is 0.533. The molecule has 0 aromatic heterocycles. The number of amides is 2. The Labute approximate surface area is 228 Å². The van der Waals surface area contributed by atoms with E-state index in [1.54, 1.807) is 17.9 Å². The van der Waals surface area contributed by atoms with Crippen molar-refractivity contribution < 1.29 is 18.0 Å². The maximum absolute atomic E-state index is 13.5. The number of rotatable bonds is 12. The molecule has 3 rings (SSSR count). The Morgan fingerprint density at radius 3 is 2.32 bits per heavy atom. The Hall–Kier alpha value is -2.87. The zero-order valence-corrected chi connectivity index (χ0v) is 24.1. The standard InChI is InChI=1S/C30H43N3O4S/c1-23-13-11-18-28(24(23)2)33(38(4,36)37)21-12-19-29(34)32(22-20-26-14-7-5-8-15-26)25(3)30(35)31-27-16-9-6-10-17-27/h5,7-8,11,13-15,18,25,27H,6,9-10,12,16-17,19-22H2,1-4H3,(H,31,35). The van der Waals surface area contributed by atoms with Crippen molar-refractivity contribution >= 4 is 27.5 Å². The minimum Gasteiger partial charge on any atom is -0.352 e. The number of hydrogen-bond donors (Lipinski definition) is 1. The Bertz CT molecular complexity index is 1180. The third-order valence-electron chi connectivity index (χ3n) is 7.60. The second-order valence-corrected chi connectivity index (χ2v) is 12.4. The van der Waals surface area contributed by atoms with Crippen molar-refractivity contribution in [3.05, 3.63) is 65.2 Å². The van der Waals surface area contributed by atoms with Crippen molar-refractivity contribution in [2.45, 2.75) is 84.2 Å². The normalized spacial score (nSPS) is 15.1. The van der Waals surface area contributed by atoms with Crippen LogP contribution in [0.5, 0.6) is 0 Å². The van der Waals surface area contributed by atoms with Crippen molar-refractivity contribution in [3.8, 4) is 0 Å². The zero-order valence-electron chi connectivity index (χ0n) is 23.3. The van der Waals surface area contributed by atoms with E-state index in [-0.39, 0.29) is 30.8 Å². The fourth-order valence-corrected chi connectivity index (χ4v) is 6.14. The molecule has 0 bridgehead atoms. The predicted molar refractivity (Wildman–Crippen MR) is 154 cm³/mol.